The molecule has 3 heterocycles. The van der Waals surface area contributed by atoms with Gasteiger partial charge in [0.15, 0.2) is 0 Å². The van der Waals surface area contributed by atoms with Gasteiger partial charge < -0.3 is 5.32 Å². The fraction of sp³-hybridized carbons (Fsp3) is 0.111. The van der Waals surface area contributed by atoms with Crippen LogP contribution in [0.15, 0.2) is 36.7 Å². The smallest absolute Gasteiger partial charge is 0.274 e. The van der Waals surface area contributed by atoms with E-state index in [2.05, 4.69) is 30.8 Å². The quantitative estimate of drug-likeness (QED) is 0.578. The van der Waals surface area contributed by atoms with Gasteiger partial charge in [-0.25, -0.2) is 4.98 Å². The van der Waals surface area contributed by atoms with E-state index in [0.717, 1.165) is 10.9 Å². The van der Waals surface area contributed by atoms with Gasteiger partial charge in [0.1, 0.15) is 23.2 Å². The lowest BCUT2D eigenvalue weighted by Gasteiger charge is -2.07. The maximum absolute atomic E-state index is 12.6. The summed E-state index contributed by atoms with van der Waals surface area (Å²) in [4.78, 5) is 16.7. The second-order valence-corrected chi connectivity index (χ2v) is 6.07. The third-order valence-corrected chi connectivity index (χ3v) is 4.09. The van der Waals surface area contributed by atoms with E-state index in [1.165, 1.54) is 6.20 Å². The molecule has 0 saturated heterocycles. The predicted octanol–water partition coefficient (Wildman–Crippen LogP) is 2.19. The van der Waals surface area contributed by atoms with Crippen molar-refractivity contribution in [3.63, 3.8) is 0 Å². The summed E-state index contributed by atoms with van der Waals surface area (Å²) >= 11 is 0. The highest BCUT2D eigenvalue weighted by atomic mass is 16.1. The third-order valence-electron chi connectivity index (χ3n) is 4.09. The first-order valence-corrected chi connectivity index (χ1v) is 8.08. The van der Waals surface area contributed by atoms with Gasteiger partial charge in [0.2, 0.25) is 0 Å². The molecule has 27 heavy (non-hydrogen) atoms. The van der Waals surface area contributed by atoms with E-state index in [-0.39, 0.29) is 11.6 Å². The van der Waals surface area contributed by atoms with Crippen molar-refractivity contribution in [3.05, 3.63) is 53.5 Å². The van der Waals surface area contributed by atoms with Gasteiger partial charge in [-0.1, -0.05) is 5.21 Å². The van der Waals surface area contributed by atoms with Crippen LogP contribution in [0.3, 0.4) is 0 Å². The molecule has 0 aliphatic heterocycles. The molecule has 9 nitrogen and oxygen atoms in total. The van der Waals surface area contributed by atoms with Crippen LogP contribution in [-0.2, 0) is 7.05 Å². The summed E-state index contributed by atoms with van der Waals surface area (Å²) in [6.07, 6.45) is 3.15. The van der Waals surface area contributed by atoms with Crippen molar-refractivity contribution < 1.29 is 4.79 Å². The first-order chi connectivity index (χ1) is 13.0. The van der Waals surface area contributed by atoms with E-state index >= 15 is 0 Å². The minimum atomic E-state index is -0.346. The predicted molar refractivity (Wildman–Crippen MR) is 97.7 cm³/mol. The van der Waals surface area contributed by atoms with Crippen LogP contribution < -0.4 is 5.32 Å². The molecule has 0 spiro atoms. The molecule has 0 saturated carbocycles. The first-order valence-electron chi connectivity index (χ1n) is 8.08. The zero-order chi connectivity index (χ0) is 19.0. The number of carbonyl (C=O) groups is 1. The number of hydrogen-bond donors (Lipinski definition) is 2. The molecule has 0 radical (unpaired) electrons. The van der Waals surface area contributed by atoms with Crippen LogP contribution in [0.4, 0.5) is 5.69 Å². The summed E-state index contributed by atoms with van der Waals surface area (Å²) in [6.45, 7) is 1.74. The van der Waals surface area contributed by atoms with Crippen LogP contribution in [0.25, 0.3) is 22.3 Å². The number of pyridine rings is 1. The molecule has 0 unspecified atom stereocenters. The Bertz CT molecular complexity index is 1210. The topological polar surface area (TPSA) is 125 Å². The zero-order valence-corrected chi connectivity index (χ0v) is 14.6. The van der Waals surface area contributed by atoms with Crippen molar-refractivity contribution in [1.82, 2.24) is 30.2 Å². The van der Waals surface area contributed by atoms with E-state index in [9.17, 15) is 4.79 Å². The van der Waals surface area contributed by atoms with Crippen molar-refractivity contribution >= 4 is 22.5 Å². The number of anilines is 1. The van der Waals surface area contributed by atoms with Crippen molar-refractivity contribution in [3.8, 4) is 17.5 Å². The molecular formula is C18H14N8O. The number of fused-ring (bicyclic) bond motifs is 1. The van der Waals surface area contributed by atoms with Gasteiger partial charge in [-0.15, -0.1) is 5.10 Å². The van der Waals surface area contributed by atoms with Gasteiger partial charge in [0, 0.05) is 24.3 Å². The van der Waals surface area contributed by atoms with Gasteiger partial charge >= 0.3 is 0 Å². The normalized spacial score (nSPS) is 10.7. The highest BCUT2D eigenvalue weighted by molar-refractivity contribution is 6.05. The summed E-state index contributed by atoms with van der Waals surface area (Å²) in [5, 5.41) is 27.8. The van der Waals surface area contributed by atoms with Crippen LogP contribution in [0.1, 0.15) is 21.6 Å². The molecule has 2 N–H and O–H groups in total. The Labute approximate surface area is 153 Å². The largest absolute Gasteiger partial charge is 0.321 e. The number of nitrogens with zero attached hydrogens (tertiary/aromatic N) is 6. The lowest BCUT2D eigenvalue weighted by molar-refractivity contribution is 0.102. The number of rotatable bonds is 3. The summed E-state index contributed by atoms with van der Waals surface area (Å²) in [5.41, 5.74) is 4.04. The zero-order valence-electron chi connectivity index (χ0n) is 14.6. The van der Waals surface area contributed by atoms with Gasteiger partial charge in [-0.05, 0) is 36.8 Å². The number of nitrogens with one attached hydrogen (secondary N) is 2. The van der Waals surface area contributed by atoms with Gasteiger partial charge in [0.25, 0.3) is 5.91 Å². The highest BCUT2D eigenvalue weighted by Gasteiger charge is 2.15. The molecule has 9 heteroatoms. The molecule has 0 atom stereocenters. The van der Waals surface area contributed by atoms with Gasteiger partial charge in [-0.2, -0.15) is 10.4 Å². The number of aromatic nitrogens is 6. The van der Waals surface area contributed by atoms with Gasteiger partial charge in [-0.3, -0.25) is 14.6 Å². The third kappa shape index (κ3) is 3.00. The molecule has 3 aromatic heterocycles. The Morgan fingerprint density at radius 2 is 2.19 bits per heavy atom. The Kier molecular flexibility index (Phi) is 3.86. The lowest BCUT2D eigenvalue weighted by atomic mass is 10.1. The fourth-order valence-corrected chi connectivity index (χ4v) is 2.81. The van der Waals surface area contributed by atoms with Crippen molar-refractivity contribution in [2.24, 2.45) is 7.05 Å². The molecule has 4 rings (SSSR count). The van der Waals surface area contributed by atoms with Crippen LogP contribution >= 0.6 is 0 Å². The highest BCUT2D eigenvalue weighted by Crippen LogP contribution is 2.27. The molecule has 0 aliphatic rings. The Morgan fingerprint density at radius 1 is 1.33 bits per heavy atom. The number of hydrogen-bond acceptors (Lipinski definition) is 6. The minimum absolute atomic E-state index is 0.274. The lowest BCUT2D eigenvalue weighted by Crippen LogP contribution is -2.15. The first kappa shape index (κ1) is 16.4. The average Bonchev–Trinajstić information content (AvgIpc) is 3.27. The number of carbonyl (C=O) groups excluding carboxylic acids is 1. The van der Waals surface area contributed by atoms with E-state index in [1.54, 1.807) is 37.0 Å². The van der Waals surface area contributed by atoms with Crippen LogP contribution in [0.2, 0.25) is 0 Å². The SMILES string of the molecule is Cc1cc(C#N)cnc1C(=O)Nc1ccc2[nH]nc(-c3cn(C)nn3)c2c1. The second-order valence-electron chi connectivity index (χ2n) is 6.07. The summed E-state index contributed by atoms with van der Waals surface area (Å²) < 4.78 is 1.60. The van der Waals surface area contributed by atoms with Crippen LogP contribution in [0, 0.1) is 18.3 Å². The summed E-state index contributed by atoms with van der Waals surface area (Å²) in [7, 11) is 1.78. The molecule has 1 aromatic carbocycles. The minimum Gasteiger partial charge on any atom is -0.321 e. The Balaban J connectivity index is 1.66. The molecule has 0 aliphatic carbocycles. The Hall–Kier alpha value is -4.06. The van der Waals surface area contributed by atoms with E-state index in [4.69, 9.17) is 5.26 Å². The van der Waals surface area contributed by atoms with Crippen molar-refractivity contribution in [2.45, 2.75) is 6.92 Å². The molecule has 0 fully saturated rings. The maximum atomic E-state index is 12.6. The number of aromatic amines is 1. The van der Waals surface area contributed by atoms with Crippen LogP contribution in [0.5, 0.6) is 0 Å². The number of amides is 1. The summed E-state index contributed by atoms with van der Waals surface area (Å²) in [6, 6.07) is 9.06. The molecule has 1 amide bonds. The van der Waals surface area contributed by atoms with Gasteiger partial charge in [0.05, 0.1) is 17.3 Å². The molecule has 0 bridgehead atoms. The standard InChI is InChI=1S/C18H14N8O/c1-10-5-11(7-19)8-20-16(10)18(27)21-12-3-4-14-13(6-12)17(24-22-14)15-9-26(2)25-23-15/h3-6,8-9H,1-2H3,(H,21,27)(H,22,24). The van der Waals surface area contributed by atoms with E-state index in [1.807, 2.05) is 18.2 Å². The van der Waals surface area contributed by atoms with E-state index in [0.29, 0.717) is 28.2 Å². The maximum Gasteiger partial charge on any atom is 0.274 e. The Morgan fingerprint density at radius 3 is 2.89 bits per heavy atom. The molecule has 132 valence electrons. The number of nitriles is 1. The van der Waals surface area contributed by atoms with Crippen LogP contribution in [-0.4, -0.2) is 36.1 Å². The molecule has 4 aromatic rings. The summed E-state index contributed by atoms with van der Waals surface area (Å²) in [5.74, 6) is -0.346. The number of aryl methyl sites for hydroxylation is 2. The fourth-order valence-electron chi connectivity index (χ4n) is 2.81. The number of benzene rings is 1. The van der Waals surface area contributed by atoms with Crippen molar-refractivity contribution in [2.75, 3.05) is 5.32 Å². The van der Waals surface area contributed by atoms with E-state index < -0.39 is 0 Å². The second kappa shape index (κ2) is 6.34. The molecular weight excluding hydrogens is 344 g/mol. The average molecular weight is 358 g/mol. The number of H-pyrrole nitrogens is 1. The van der Waals surface area contributed by atoms with Crippen molar-refractivity contribution in [1.29, 1.82) is 5.26 Å². The monoisotopic (exact) mass is 358 g/mol.